The van der Waals surface area contributed by atoms with Crippen molar-refractivity contribution in [3.8, 4) is 0 Å². The summed E-state index contributed by atoms with van der Waals surface area (Å²) in [5.74, 6) is -0.375. The molecule has 1 atom stereocenters. The summed E-state index contributed by atoms with van der Waals surface area (Å²) in [7, 11) is 1.63. The van der Waals surface area contributed by atoms with E-state index in [9.17, 15) is 14.0 Å². The molecule has 0 aromatic heterocycles. The van der Waals surface area contributed by atoms with Crippen molar-refractivity contribution >= 4 is 17.6 Å². The smallest absolute Gasteiger partial charge is 0.317 e. The summed E-state index contributed by atoms with van der Waals surface area (Å²) in [6.07, 6.45) is 1.92. The molecule has 1 fully saturated rings. The fraction of sp³-hybridized carbons (Fsp3) is 0.300. The molecule has 26 heavy (non-hydrogen) atoms. The first kappa shape index (κ1) is 17.9. The van der Waals surface area contributed by atoms with E-state index in [2.05, 4.69) is 10.6 Å². The van der Waals surface area contributed by atoms with E-state index >= 15 is 0 Å². The van der Waals surface area contributed by atoms with E-state index in [0.29, 0.717) is 17.8 Å². The van der Waals surface area contributed by atoms with E-state index in [4.69, 9.17) is 0 Å². The number of hydrogen-bond acceptors (Lipinski definition) is 2. The molecule has 136 valence electrons. The van der Waals surface area contributed by atoms with E-state index in [0.717, 1.165) is 24.9 Å². The number of urea groups is 1. The van der Waals surface area contributed by atoms with Crippen LogP contribution in [0.2, 0.25) is 0 Å². The number of hydrogen-bond donors (Lipinski definition) is 2. The first-order valence-electron chi connectivity index (χ1n) is 8.70. The van der Waals surface area contributed by atoms with Crippen molar-refractivity contribution in [3.05, 3.63) is 65.5 Å². The minimum Gasteiger partial charge on any atom is -0.341 e. The van der Waals surface area contributed by atoms with E-state index < -0.39 is 0 Å². The molecule has 1 saturated heterocycles. The Labute approximate surface area is 152 Å². The average molecular weight is 355 g/mol. The second-order valence-corrected chi connectivity index (χ2v) is 6.43. The maximum Gasteiger partial charge on any atom is 0.317 e. The minimum absolute atomic E-state index is 0.0695. The van der Waals surface area contributed by atoms with Gasteiger partial charge in [-0.25, -0.2) is 9.18 Å². The first-order valence-corrected chi connectivity index (χ1v) is 8.70. The number of rotatable bonds is 3. The van der Waals surface area contributed by atoms with Crippen LogP contribution in [-0.2, 0) is 0 Å². The van der Waals surface area contributed by atoms with Crippen molar-refractivity contribution in [2.45, 2.75) is 18.8 Å². The van der Waals surface area contributed by atoms with Crippen molar-refractivity contribution in [1.29, 1.82) is 0 Å². The number of anilines is 1. The van der Waals surface area contributed by atoms with Crippen LogP contribution in [0.5, 0.6) is 0 Å². The lowest BCUT2D eigenvalue weighted by Crippen LogP contribution is -2.43. The Morgan fingerprint density at radius 2 is 1.92 bits per heavy atom. The maximum atomic E-state index is 13.0. The molecule has 2 N–H and O–H groups in total. The van der Waals surface area contributed by atoms with Gasteiger partial charge in [0, 0.05) is 37.3 Å². The van der Waals surface area contributed by atoms with E-state index in [1.54, 1.807) is 18.0 Å². The number of piperidine rings is 1. The van der Waals surface area contributed by atoms with Crippen LogP contribution in [0, 0.1) is 5.82 Å². The quantitative estimate of drug-likeness (QED) is 0.884. The Kier molecular flexibility index (Phi) is 5.51. The molecule has 1 heterocycles. The topological polar surface area (TPSA) is 61.4 Å². The molecule has 0 spiro atoms. The highest BCUT2D eigenvalue weighted by atomic mass is 19.1. The molecule has 0 aliphatic carbocycles. The normalized spacial score (nSPS) is 16.8. The predicted octanol–water partition coefficient (Wildman–Crippen LogP) is 3.60. The summed E-state index contributed by atoms with van der Waals surface area (Å²) in [5.41, 5.74) is 2.14. The summed E-state index contributed by atoms with van der Waals surface area (Å²) in [5, 5.41) is 5.44. The Hall–Kier alpha value is -2.89. The van der Waals surface area contributed by atoms with Crippen LogP contribution in [-0.4, -0.2) is 37.0 Å². The monoisotopic (exact) mass is 355 g/mol. The highest BCUT2D eigenvalue weighted by molar-refractivity contribution is 6.04. The van der Waals surface area contributed by atoms with Gasteiger partial charge in [0.25, 0.3) is 5.91 Å². The van der Waals surface area contributed by atoms with Gasteiger partial charge in [0.15, 0.2) is 0 Å². The zero-order valence-electron chi connectivity index (χ0n) is 14.7. The van der Waals surface area contributed by atoms with Gasteiger partial charge in [0.1, 0.15) is 5.82 Å². The van der Waals surface area contributed by atoms with Crippen LogP contribution >= 0.6 is 0 Å². The molecular formula is C20H22FN3O2. The van der Waals surface area contributed by atoms with Gasteiger partial charge >= 0.3 is 6.03 Å². The van der Waals surface area contributed by atoms with Gasteiger partial charge in [0.05, 0.1) is 0 Å². The van der Waals surface area contributed by atoms with E-state index in [-0.39, 0.29) is 23.7 Å². The zero-order chi connectivity index (χ0) is 18.5. The van der Waals surface area contributed by atoms with Crippen LogP contribution < -0.4 is 10.6 Å². The van der Waals surface area contributed by atoms with Gasteiger partial charge in [-0.2, -0.15) is 0 Å². The molecule has 5 nitrogen and oxygen atoms in total. The zero-order valence-corrected chi connectivity index (χ0v) is 14.7. The molecule has 2 aromatic carbocycles. The lowest BCUT2D eigenvalue weighted by molar-refractivity contribution is 0.102. The Morgan fingerprint density at radius 3 is 2.65 bits per heavy atom. The largest absolute Gasteiger partial charge is 0.341 e. The Morgan fingerprint density at radius 1 is 1.15 bits per heavy atom. The lowest BCUT2D eigenvalue weighted by atomic mass is 9.89. The molecule has 0 saturated carbocycles. The lowest BCUT2D eigenvalue weighted by Gasteiger charge is -2.32. The third-order valence-electron chi connectivity index (χ3n) is 4.64. The van der Waals surface area contributed by atoms with Crippen molar-refractivity contribution < 1.29 is 14.0 Å². The highest BCUT2D eigenvalue weighted by Crippen LogP contribution is 2.27. The van der Waals surface area contributed by atoms with Crippen molar-refractivity contribution in [1.82, 2.24) is 10.2 Å². The molecule has 6 heteroatoms. The molecule has 0 radical (unpaired) electrons. The summed E-state index contributed by atoms with van der Waals surface area (Å²) >= 11 is 0. The van der Waals surface area contributed by atoms with E-state index in [1.165, 1.54) is 24.3 Å². The molecule has 0 bridgehead atoms. The highest BCUT2D eigenvalue weighted by Gasteiger charge is 2.24. The number of benzene rings is 2. The predicted molar refractivity (Wildman–Crippen MR) is 98.8 cm³/mol. The summed E-state index contributed by atoms with van der Waals surface area (Å²) in [4.78, 5) is 26.1. The second kappa shape index (κ2) is 7.99. The van der Waals surface area contributed by atoms with Gasteiger partial charge in [-0.1, -0.05) is 12.1 Å². The summed E-state index contributed by atoms with van der Waals surface area (Å²) in [6.45, 7) is 1.39. The van der Waals surface area contributed by atoms with Crippen LogP contribution in [0.25, 0.3) is 0 Å². The standard InChI is InChI=1S/C20H22FN3O2/c1-22-20(26)24-11-3-6-16(13-24)14-4-2-5-15(12-14)19(25)23-18-9-7-17(21)8-10-18/h2,4-5,7-10,12,16H,3,6,11,13H2,1H3,(H,22,26)(H,23,25). The number of nitrogens with one attached hydrogen (secondary N) is 2. The molecule has 3 amide bonds. The molecule has 1 aliphatic heterocycles. The fourth-order valence-corrected chi connectivity index (χ4v) is 3.26. The van der Waals surface area contributed by atoms with Gasteiger partial charge in [-0.05, 0) is 54.8 Å². The molecule has 1 unspecified atom stereocenters. The fourth-order valence-electron chi connectivity index (χ4n) is 3.26. The van der Waals surface area contributed by atoms with Crippen LogP contribution in [0.4, 0.5) is 14.9 Å². The van der Waals surface area contributed by atoms with Crippen molar-refractivity contribution in [2.24, 2.45) is 0 Å². The summed E-state index contributed by atoms with van der Waals surface area (Å²) in [6, 6.07) is 13.1. The Bertz CT molecular complexity index is 792. The third kappa shape index (κ3) is 4.20. The number of carbonyl (C=O) groups excluding carboxylic acids is 2. The SMILES string of the molecule is CNC(=O)N1CCCC(c2cccc(C(=O)Nc3ccc(F)cc3)c2)C1. The van der Waals surface area contributed by atoms with Crippen LogP contribution in [0.1, 0.15) is 34.7 Å². The number of likely N-dealkylation sites (tertiary alicyclic amines) is 1. The van der Waals surface area contributed by atoms with Crippen LogP contribution in [0.15, 0.2) is 48.5 Å². The average Bonchev–Trinajstić information content (AvgIpc) is 2.69. The summed E-state index contributed by atoms with van der Waals surface area (Å²) < 4.78 is 13.0. The Balaban J connectivity index is 1.72. The molecule has 2 aromatic rings. The molecule has 3 rings (SSSR count). The van der Waals surface area contributed by atoms with Crippen LogP contribution in [0.3, 0.4) is 0 Å². The third-order valence-corrected chi connectivity index (χ3v) is 4.64. The number of halogens is 1. The van der Waals surface area contributed by atoms with Gasteiger partial charge < -0.3 is 15.5 Å². The number of nitrogens with zero attached hydrogens (tertiary/aromatic N) is 1. The maximum absolute atomic E-state index is 13.0. The second-order valence-electron chi connectivity index (χ2n) is 6.43. The molecular weight excluding hydrogens is 333 g/mol. The first-order chi connectivity index (χ1) is 12.6. The minimum atomic E-state index is -0.344. The van der Waals surface area contributed by atoms with E-state index in [1.807, 2.05) is 18.2 Å². The molecule has 1 aliphatic rings. The van der Waals surface area contributed by atoms with Gasteiger partial charge in [-0.3, -0.25) is 4.79 Å². The van der Waals surface area contributed by atoms with Gasteiger partial charge in [0.2, 0.25) is 0 Å². The number of carbonyl (C=O) groups is 2. The number of amides is 3. The van der Waals surface area contributed by atoms with Crippen molar-refractivity contribution in [2.75, 3.05) is 25.5 Å². The van der Waals surface area contributed by atoms with Gasteiger partial charge in [-0.15, -0.1) is 0 Å². The van der Waals surface area contributed by atoms with Crippen molar-refractivity contribution in [3.63, 3.8) is 0 Å².